The normalized spacial score (nSPS) is 35.8. The number of likely N-dealkylation sites (tertiary alicyclic amines) is 1. The van der Waals surface area contributed by atoms with Crippen molar-refractivity contribution in [2.75, 3.05) is 20.2 Å². The number of allylic oxidation sites excluding steroid dienone is 1. The van der Waals surface area contributed by atoms with Crippen molar-refractivity contribution in [2.45, 2.75) is 62.7 Å². The van der Waals surface area contributed by atoms with Crippen LogP contribution in [0, 0.1) is 11.3 Å². The molecule has 32 heavy (non-hydrogen) atoms. The monoisotopic (exact) mass is 438 g/mol. The summed E-state index contributed by atoms with van der Waals surface area (Å²) in [4.78, 5) is 29.4. The molecule has 4 aliphatic carbocycles. The minimum Gasteiger partial charge on any atom is -0.477 e. The maximum Gasteiger partial charge on any atom is 0.341 e. The van der Waals surface area contributed by atoms with Crippen molar-refractivity contribution in [1.29, 1.82) is 0 Å². The lowest BCUT2D eigenvalue weighted by Gasteiger charge is -2.64. The summed E-state index contributed by atoms with van der Waals surface area (Å²) in [5, 5.41) is 22.0. The number of carboxylic acid groups (broad SMARTS) is 1. The number of ether oxygens (including phenoxy) is 1. The van der Waals surface area contributed by atoms with Crippen LogP contribution in [0.15, 0.2) is 34.2 Å². The van der Waals surface area contributed by atoms with Crippen LogP contribution in [-0.2, 0) is 17.6 Å². The van der Waals surface area contributed by atoms with E-state index in [1.165, 1.54) is 30.1 Å². The van der Waals surface area contributed by atoms with Gasteiger partial charge in [-0.15, -0.1) is 0 Å². The molecular weight excluding hydrogens is 408 g/mol. The average Bonchev–Trinajstić information content (AvgIpc) is 3.57. The number of aromatic carboxylic acids is 1. The molecule has 170 valence electrons. The van der Waals surface area contributed by atoms with Gasteiger partial charge in [-0.3, -0.25) is 9.69 Å². The van der Waals surface area contributed by atoms with E-state index < -0.39 is 22.5 Å². The smallest absolute Gasteiger partial charge is 0.341 e. The molecule has 1 aromatic heterocycles. The van der Waals surface area contributed by atoms with Crippen molar-refractivity contribution in [1.82, 2.24) is 9.88 Å². The van der Waals surface area contributed by atoms with Gasteiger partial charge in [-0.1, -0.05) is 17.7 Å². The molecule has 7 nitrogen and oxygen atoms in total. The maximum absolute atomic E-state index is 12.5. The maximum atomic E-state index is 12.5. The van der Waals surface area contributed by atoms with Gasteiger partial charge in [-0.2, -0.15) is 0 Å². The van der Waals surface area contributed by atoms with Crippen LogP contribution in [0.2, 0.25) is 0 Å². The van der Waals surface area contributed by atoms with E-state index in [1.807, 2.05) is 0 Å². The molecule has 1 saturated heterocycles. The van der Waals surface area contributed by atoms with Gasteiger partial charge in [-0.05, 0) is 61.8 Å². The molecule has 2 bridgehead atoms. The molecule has 2 heterocycles. The molecule has 1 unspecified atom stereocenters. The Kier molecular flexibility index (Phi) is 4.39. The van der Waals surface area contributed by atoms with Crippen LogP contribution < -0.4 is 5.56 Å². The van der Waals surface area contributed by atoms with Gasteiger partial charge in [0.15, 0.2) is 0 Å². The Labute approximate surface area is 186 Å². The number of rotatable bonds is 4. The van der Waals surface area contributed by atoms with Gasteiger partial charge < -0.3 is 19.9 Å². The SMILES string of the molecule is COC1C=CC2=C(C1)[C@]13CCN(CC4CC4)[C@H](C2)[C@]1(O)Cc1cc(C(=O)O)c(=O)[nH]c1C3. The van der Waals surface area contributed by atoms with E-state index >= 15 is 0 Å². The van der Waals surface area contributed by atoms with E-state index in [9.17, 15) is 19.8 Å². The second kappa shape index (κ2) is 6.89. The third-order valence-corrected chi connectivity index (χ3v) is 8.82. The Bertz CT molecular complexity index is 1120. The number of methoxy groups -OCH3 is 1. The molecule has 1 saturated carbocycles. The number of carboxylic acids is 1. The van der Waals surface area contributed by atoms with Crippen molar-refractivity contribution >= 4 is 5.97 Å². The Morgan fingerprint density at radius 3 is 2.84 bits per heavy atom. The van der Waals surface area contributed by atoms with Crippen molar-refractivity contribution in [2.24, 2.45) is 11.3 Å². The summed E-state index contributed by atoms with van der Waals surface area (Å²) in [7, 11) is 1.72. The van der Waals surface area contributed by atoms with Crippen LogP contribution in [0.5, 0.6) is 0 Å². The number of aromatic amines is 1. The fraction of sp³-hybridized carbons (Fsp3) is 0.600. The number of pyridine rings is 1. The van der Waals surface area contributed by atoms with Crippen LogP contribution in [-0.4, -0.2) is 64.0 Å². The fourth-order valence-electron chi connectivity index (χ4n) is 6.99. The first-order chi connectivity index (χ1) is 15.3. The number of H-pyrrole nitrogens is 1. The first-order valence-electron chi connectivity index (χ1n) is 11.7. The third-order valence-electron chi connectivity index (χ3n) is 8.82. The molecule has 3 N–H and O–H groups in total. The first kappa shape index (κ1) is 20.4. The average molecular weight is 439 g/mol. The predicted octanol–water partition coefficient (Wildman–Crippen LogP) is 2.05. The van der Waals surface area contributed by atoms with Crippen LogP contribution in [0.3, 0.4) is 0 Å². The van der Waals surface area contributed by atoms with Gasteiger partial charge in [0.25, 0.3) is 5.56 Å². The minimum atomic E-state index is -1.23. The van der Waals surface area contributed by atoms with Gasteiger partial charge in [0.2, 0.25) is 0 Å². The van der Waals surface area contributed by atoms with Gasteiger partial charge >= 0.3 is 5.97 Å². The molecular formula is C25H30N2O5. The van der Waals surface area contributed by atoms with Crippen molar-refractivity contribution in [3.63, 3.8) is 0 Å². The highest BCUT2D eigenvalue weighted by molar-refractivity contribution is 5.87. The quantitative estimate of drug-likeness (QED) is 0.665. The van der Waals surface area contributed by atoms with E-state index in [0.717, 1.165) is 49.5 Å². The Hall–Kier alpha value is -2.22. The Morgan fingerprint density at radius 1 is 1.31 bits per heavy atom. The van der Waals surface area contributed by atoms with Crippen LogP contribution in [0.25, 0.3) is 0 Å². The van der Waals surface area contributed by atoms with E-state index in [0.29, 0.717) is 12.8 Å². The molecule has 0 amide bonds. The van der Waals surface area contributed by atoms with Gasteiger partial charge in [0.05, 0.1) is 11.7 Å². The molecule has 7 heteroatoms. The predicted molar refractivity (Wildman–Crippen MR) is 118 cm³/mol. The van der Waals surface area contributed by atoms with E-state index in [-0.39, 0.29) is 17.7 Å². The molecule has 1 aliphatic heterocycles. The largest absolute Gasteiger partial charge is 0.477 e. The molecule has 0 spiro atoms. The zero-order valence-corrected chi connectivity index (χ0v) is 18.4. The number of aromatic nitrogens is 1. The summed E-state index contributed by atoms with van der Waals surface area (Å²) in [5.74, 6) is -0.502. The zero-order chi connectivity index (χ0) is 22.3. The highest BCUT2D eigenvalue weighted by atomic mass is 16.5. The van der Waals surface area contributed by atoms with Crippen LogP contribution >= 0.6 is 0 Å². The summed E-state index contributed by atoms with van der Waals surface area (Å²) < 4.78 is 5.66. The van der Waals surface area contributed by atoms with Gasteiger partial charge in [0, 0.05) is 43.6 Å². The number of fused-ring (bicyclic) bond motifs is 1. The van der Waals surface area contributed by atoms with Crippen molar-refractivity contribution in [3.8, 4) is 0 Å². The molecule has 4 atom stereocenters. The summed E-state index contributed by atoms with van der Waals surface area (Å²) >= 11 is 0. The minimum absolute atomic E-state index is 0.00676. The number of nitrogens with zero attached hydrogens (tertiary/aromatic N) is 1. The number of aliphatic hydroxyl groups is 1. The molecule has 6 rings (SSSR count). The van der Waals surface area contributed by atoms with Gasteiger partial charge in [-0.25, -0.2) is 4.79 Å². The highest BCUT2D eigenvalue weighted by Crippen LogP contribution is 2.61. The molecule has 5 aliphatic rings. The number of hydrogen-bond donors (Lipinski definition) is 3. The lowest BCUT2D eigenvalue weighted by atomic mass is 9.48. The lowest BCUT2D eigenvalue weighted by molar-refractivity contribution is -0.173. The molecule has 0 radical (unpaired) electrons. The lowest BCUT2D eigenvalue weighted by Crippen LogP contribution is -2.72. The zero-order valence-electron chi connectivity index (χ0n) is 18.4. The van der Waals surface area contributed by atoms with Crippen molar-refractivity contribution in [3.05, 3.63) is 56.5 Å². The van der Waals surface area contributed by atoms with E-state index in [4.69, 9.17) is 4.74 Å². The number of hydrogen-bond acceptors (Lipinski definition) is 5. The van der Waals surface area contributed by atoms with E-state index in [1.54, 1.807) is 7.11 Å². The van der Waals surface area contributed by atoms with E-state index in [2.05, 4.69) is 22.0 Å². The fourth-order valence-corrected chi connectivity index (χ4v) is 6.99. The number of carbonyl (C=O) groups is 1. The third kappa shape index (κ3) is 2.77. The van der Waals surface area contributed by atoms with Crippen LogP contribution in [0.4, 0.5) is 0 Å². The number of nitrogens with one attached hydrogen (secondary N) is 1. The molecule has 1 aromatic rings. The summed E-state index contributed by atoms with van der Waals surface area (Å²) in [5.41, 5.74) is 1.83. The second-order valence-electron chi connectivity index (χ2n) is 10.4. The second-order valence-corrected chi connectivity index (χ2v) is 10.4. The standard InChI is InChI=1S/C25H30N2O5/c1-32-17-5-4-15-9-21-25(31)11-16-8-18(23(29)30)22(28)26-20(16)12-24(25,19(15)10-17)6-7-27(21)13-14-2-3-14/h4-5,8,14,17,21,31H,2-3,6-7,9-13H2,1H3,(H,26,28)(H,29,30)/t17?,21-,24-,25-/m1/s1. The number of piperidine rings is 1. The summed E-state index contributed by atoms with van der Waals surface area (Å²) in [6.45, 7) is 1.96. The summed E-state index contributed by atoms with van der Waals surface area (Å²) in [6, 6.07) is 1.48. The van der Waals surface area contributed by atoms with Crippen molar-refractivity contribution < 1.29 is 19.7 Å². The van der Waals surface area contributed by atoms with Gasteiger partial charge in [0.1, 0.15) is 5.56 Å². The van der Waals surface area contributed by atoms with Crippen LogP contribution in [0.1, 0.15) is 53.7 Å². The summed E-state index contributed by atoms with van der Waals surface area (Å²) in [6.07, 6.45) is 10.1. The highest BCUT2D eigenvalue weighted by Gasteiger charge is 2.65. The molecule has 2 fully saturated rings. The Balaban J connectivity index is 1.51. The molecule has 0 aromatic carbocycles. The topological polar surface area (TPSA) is 103 Å². The Morgan fingerprint density at radius 2 is 2.12 bits per heavy atom. The first-order valence-corrected chi connectivity index (χ1v) is 11.7.